The van der Waals surface area contributed by atoms with E-state index in [0.29, 0.717) is 30.2 Å². The van der Waals surface area contributed by atoms with E-state index in [2.05, 4.69) is 12.2 Å². The van der Waals surface area contributed by atoms with E-state index in [9.17, 15) is 9.59 Å². The molecule has 1 atom stereocenters. The molecule has 2 aromatic rings. The molecule has 1 aliphatic rings. The minimum atomic E-state index is -0.486. The Labute approximate surface area is 162 Å². The van der Waals surface area contributed by atoms with Gasteiger partial charge in [0.15, 0.2) is 0 Å². The van der Waals surface area contributed by atoms with Gasteiger partial charge in [0.25, 0.3) is 5.91 Å². The maximum absolute atomic E-state index is 12.4. The Kier molecular flexibility index (Phi) is 6.47. The van der Waals surface area contributed by atoms with Crippen LogP contribution in [0.5, 0.6) is 5.75 Å². The van der Waals surface area contributed by atoms with Crippen molar-refractivity contribution in [1.29, 1.82) is 0 Å². The Morgan fingerprint density at radius 3 is 2.70 bits per heavy atom. The SMILES string of the molecule is CCCOc1ccc(-c2csc(NC(=O)[C@H]3CCCO3)c2C(=O)OC)cc1. The Morgan fingerprint density at radius 2 is 2.07 bits per heavy atom. The molecule has 0 spiro atoms. The average molecular weight is 389 g/mol. The predicted octanol–water partition coefficient (Wildman–Crippen LogP) is 4.11. The zero-order valence-electron chi connectivity index (χ0n) is 15.4. The van der Waals surface area contributed by atoms with E-state index in [4.69, 9.17) is 14.2 Å². The van der Waals surface area contributed by atoms with Crippen molar-refractivity contribution < 1.29 is 23.8 Å². The van der Waals surface area contributed by atoms with Crippen LogP contribution in [-0.2, 0) is 14.3 Å². The summed E-state index contributed by atoms with van der Waals surface area (Å²) < 4.78 is 16.0. The number of esters is 1. The van der Waals surface area contributed by atoms with E-state index in [1.807, 2.05) is 29.6 Å². The van der Waals surface area contributed by atoms with E-state index >= 15 is 0 Å². The maximum Gasteiger partial charge on any atom is 0.341 e. The average Bonchev–Trinajstić information content (AvgIpc) is 3.36. The number of benzene rings is 1. The van der Waals surface area contributed by atoms with Gasteiger partial charge in [-0.3, -0.25) is 4.79 Å². The molecule has 1 aromatic carbocycles. The lowest BCUT2D eigenvalue weighted by molar-refractivity contribution is -0.124. The van der Waals surface area contributed by atoms with E-state index in [1.54, 1.807) is 0 Å². The molecular formula is C20H23NO5S. The number of amides is 1. The van der Waals surface area contributed by atoms with Crippen LogP contribution in [0.15, 0.2) is 29.6 Å². The van der Waals surface area contributed by atoms with Crippen molar-refractivity contribution in [2.75, 3.05) is 25.6 Å². The molecular weight excluding hydrogens is 366 g/mol. The Morgan fingerprint density at radius 1 is 1.30 bits per heavy atom. The first-order valence-corrected chi connectivity index (χ1v) is 9.87. The van der Waals surface area contributed by atoms with Gasteiger partial charge in [-0.15, -0.1) is 11.3 Å². The van der Waals surface area contributed by atoms with Crippen molar-refractivity contribution in [2.24, 2.45) is 0 Å². The smallest absolute Gasteiger partial charge is 0.341 e. The van der Waals surface area contributed by atoms with Crippen molar-refractivity contribution in [3.8, 4) is 16.9 Å². The molecule has 3 rings (SSSR count). The van der Waals surface area contributed by atoms with Crippen LogP contribution in [0.1, 0.15) is 36.5 Å². The second-order valence-electron chi connectivity index (χ2n) is 6.21. The highest BCUT2D eigenvalue weighted by atomic mass is 32.1. The second-order valence-corrected chi connectivity index (χ2v) is 7.09. The van der Waals surface area contributed by atoms with E-state index in [0.717, 1.165) is 29.7 Å². The third-order valence-corrected chi connectivity index (χ3v) is 5.17. The standard InChI is InChI=1S/C20H23NO5S/c1-3-10-25-14-8-6-13(7-9-14)15-12-27-19(17(15)20(23)24-2)21-18(22)16-5-4-11-26-16/h6-9,12,16H,3-5,10-11H2,1-2H3,(H,21,22)/t16-/m1/s1. The number of anilines is 1. The van der Waals surface area contributed by atoms with E-state index < -0.39 is 12.1 Å². The Hall–Kier alpha value is -2.38. The third kappa shape index (κ3) is 4.48. The van der Waals surface area contributed by atoms with Gasteiger partial charge < -0.3 is 19.5 Å². The lowest BCUT2D eigenvalue weighted by atomic mass is 10.0. The lowest BCUT2D eigenvalue weighted by Crippen LogP contribution is -2.27. The first-order chi connectivity index (χ1) is 13.1. The summed E-state index contributed by atoms with van der Waals surface area (Å²) in [6.07, 6.45) is 2.03. The summed E-state index contributed by atoms with van der Waals surface area (Å²) in [7, 11) is 1.33. The topological polar surface area (TPSA) is 73.9 Å². The van der Waals surface area contributed by atoms with Crippen molar-refractivity contribution in [2.45, 2.75) is 32.3 Å². The van der Waals surface area contributed by atoms with Gasteiger partial charge in [-0.1, -0.05) is 19.1 Å². The molecule has 0 unspecified atom stereocenters. The molecule has 0 saturated carbocycles. The van der Waals surface area contributed by atoms with Crippen LogP contribution in [0.25, 0.3) is 11.1 Å². The summed E-state index contributed by atoms with van der Waals surface area (Å²) in [5.41, 5.74) is 1.93. The van der Waals surface area contributed by atoms with Crippen LogP contribution in [0.4, 0.5) is 5.00 Å². The van der Waals surface area contributed by atoms with E-state index in [1.165, 1.54) is 18.4 Å². The fraction of sp³-hybridized carbons (Fsp3) is 0.400. The van der Waals surface area contributed by atoms with Crippen molar-refractivity contribution >= 4 is 28.2 Å². The van der Waals surface area contributed by atoms with Gasteiger partial charge in [0.05, 0.1) is 13.7 Å². The van der Waals surface area contributed by atoms with Crippen LogP contribution in [0.3, 0.4) is 0 Å². The highest BCUT2D eigenvalue weighted by Gasteiger charge is 2.27. The van der Waals surface area contributed by atoms with Gasteiger partial charge in [-0.05, 0) is 37.0 Å². The number of nitrogens with one attached hydrogen (secondary N) is 1. The molecule has 0 aliphatic carbocycles. The third-order valence-electron chi connectivity index (χ3n) is 4.28. The lowest BCUT2D eigenvalue weighted by Gasteiger charge is -2.11. The fourth-order valence-electron chi connectivity index (χ4n) is 2.89. The number of carbonyl (C=O) groups is 2. The normalized spacial score (nSPS) is 16.1. The van der Waals surface area contributed by atoms with Gasteiger partial charge in [-0.2, -0.15) is 0 Å². The summed E-state index contributed by atoms with van der Waals surface area (Å²) >= 11 is 1.30. The van der Waals surface area contributed by atoms with Gasteiger partial charge in [0.1, 0.15) is 22.4 Å². The summed E-state index contributed by atoms with van der Waals surface area (Å²) in [5.74, 6) is 0.0666. The highest BCUT2D eigenvalue weighted by Crippen LogP contribution is 2.37. The quantitative estimate of drug-likeness (QED) is 0.722. The maximum atomic E-state index is 12.4. The molecule has 1 saturated heterocycles. The molecule has 7 heteroatoms. The number of carbonyl (C=O) groups excluding carboxylic acids is 2. The first-order valence-electron chi connectivity index (χ1n) is 8.99. The highest BCUT2D eigenvalue weighted by molar-refractivity contribution is 7.15. The summed E-state index contributed by atoms with van der Waals surface area (Å²) in [6.45, 7) is 3.30. The second kappa shape index (κ2) is 9.01. The first kappa shape index (κ1) is 19.4. The number of ether oxygens (including phenoxy) is 3. The fourth-order valence-corrected chi connectivity index (χ4v) is 3.85. The Bertz CT molecular complexity index is 793. The van der Waals surface area contributed by atoms with Crippen LogP contribution in [-0.4, -0.2) is 38.3 Å². The molecule has 1 aromatic heterocycles. The van der Waals surface area contributed by atoms with Crippen molar-refractivity contribution in [3.05, 3.63) is 35.2 Å². The zero-order valence-corrected chi connectivity index (χ0v) is 16.3. The van der Waals surface area contributed by atoms with E-state index in [-0.39, 0.29) is 5.91 Å². The summed E-state index contributed by atoms with van der Waals surface area (Å²) in [6, 6.07) is 7.53. The molecule has 1 amide bonds. The van der Waals surface area contributed by atoms with Crippen molar-refractivity contribution in [3.63, 3.8) is 0 Å². The summed E-state index contributed by atoms with van der Waals surface area (Å²) in [5, 5.41) is 5.15. The number of thiophene rings is 1. The monoisotopic (exact) mass is 389 g/mol. The molecule has 0 bridgehead atoms. The molecule has 27 heavy (non-hydrogen) atoms. The summed E-state index contributed by atoms with van der Waals surface area (Å²) in [4.78, 5) is 24.7. The minimum absolute atomic E-state index is 0.227. The molecule has 2 heterocycles. The predicted molar refractivity (Wildman–Crippen MR) is 104 cm³/mol. The molecule has 1 fully saturated rings. The molecule has 144 valence electrons. The van der Waals surface area contributed by atoms with Crippen LogP contribution in [0.2, 0.25) is 0 Å². The Balaban J connectivity index is 1.85. The van der Waals surface area contributed by atoms with Gasteiger partial charge in [0.2, 0.25) is 0 Å². The molecule has 0 radical (unpaired) electrons. The minimum Gasteiger partial charge on any atom is -0.494 e. The number of rotatable bonds is 7. The van der Waals surface area contributed by atoms with Crippen LogP contribution in [0, 0.1) is 0 Å². The molecule has 1 N–H and O–H groups in total. The molecule has 6 nitrogen and oxygen atoms in total. The van der Waals surface area contributed by atoms with Crippen LogP contribution >= 0.6 is 11.3 Å². The van der Waals surface area contributed by atoms with Gasteiger partial charge in [-0.25, -0.2) is 4.79 Å². The number of hydrogen-bond donors (Lipinski definition) is 1. The van der Waals surface area contributed by atoms with Crippen molar-refractivity contribution in [1.82, 2.24) is 0 Å². The largest absolute Gasteiger partial charge is 0.494 e. The number of hydrogen-bond acceptors (Lipinski definition) is 6. The van der Waals surface area contributed by atoms with Gasteiger partial charge in [0, 0.05) is 17.6 Å². The zero-order chi connectivity index (χ0) is 19.2. The van der Waals surface area contributed by atoms with Gasteiger partial charge >= 0.3 is 5.97 Å². The molecule has 1 aliphatic heterocycles. The van der Waals surface area contributed by atoms with Crippen LogP contribution < -0.4 is 10.1 Å². The number of methoxy groups -OCH3 is 1.